The summed E-state index contributed by atoms with van der Waals surface area (Å²) in [7, 11) is 0. The van der Waals surface area contributed by atoms with Crippen LogP contribution in [-0.4, -0.2) is 42.9 Å². The number of piperidine rings is 1. The highest BCUT2D eigenvalue weighted by atomic mass is 16.2. The highest BCUT2D eigenvalue weighted by molar-refractivity contribution is 5.93. The monoisotopic (exact) mass is 408 g/mol. The lowest BCUT2D eigenvalue weighted by Gasteiger charge is -2.28. The molecule has 30 heavy (non-hydrogen) atoms. The molecule has 0 aliphatic carbocycles. The summed E-state index contributed by atoms with van der Waals surface area (Å²) < 4.78 is 0. The van der Waals surface area contributed by atoms with Crippen molar-refractivity contribution in [2.45, 2.75) is 39.7 Å². The van der Waals surface area contributed by atoms with E-state index in [0.29, 0.717) is 13.1 Å². The van der Waals surface area contributed by atoms with Crippen LogP contribution < -0.4 is 15.5 Å². The first-order valence-electron chi connectivity index (χ1n) is 10.8. The summed E-state index contributed by atoms with van der Waals surface area (Å²) in [4.78, 5) is 28.1. The summed E-state index contributed by atoms with van der Waals surface area (Å²) in [6.07, 6.45) is 3.81. The van der Waals surface area contributed by atoms with Gasteiger partial charge in [-0.3, -0.25) is 9.59 Å². The third kappa shape index (κ3) is 6.24. The molecule has 2 amide bonds. The van der Waals surface area contributed by atoms with Crippen LogP contribution in [0.3, 0.4) is 0 Å². The van der Waals surface area contributed by atoms with Gasteiger partial charge in [0.15, 0.2) is 0 Å². The summed E-state index contributed by atoms with van der Waals surface area (Å²) in [6.45, 7) is 7.18. The zero-order valence-electron chi connectivity index (χ0n) is 18.0. The SMILES string of the molecule is CCN(Cc1cccc(NCC(=O)Nc2ccc(N3CCCCC3)cc2)c1)C(C)=O. The van der Waals surface area contributed by atoms with Crippen molar-refractivity contribution in [1.29, 1.82) is 0 Å². The van der Waals surface area contributed by atoms with Gasteiger partial charge in [0.2, 0.25) is 11.8 Å². The van der Waals surface area contributed by atoms with Crippen molar-refractivity contribution < 1.29 is 9.59 Å². The van der Waals surface area contributed by atoms with E-state index in [1.54, 1.807) is 11.8 Å². The smallest absolute Gasteiger partial charge is 0.243 e. The second-order valence-electron chi connectivity index (χ2n) is 7.73. The predicted octanol–water partition coefficient (Wildman–Crippen LogP) is 4.10. The number of nitrogens with zero attached hydrogens (tertiary/aromatic N) is 2. The van der Waals surface area contributed by atoms with Gasteiger partial charge in [-0.05, 0) is 68.1 Å². The number of rotatable bonds is 8. The maximum Gasteiger partial charge on any atom is 0.243 e. The van der Waals surface area contributed by atoms with Crippen molar-refractivity contribution >= 4 is 28.9 Å². The summed E-state index contributed by atoms with van der Waals surface area (Å²) in [5.41, 5.74) is 3.92. The van der Waals surface area contributed by atoms with Crippen LogP contribution in [-0.2, 0) is 16.1 Å². The molecule has 0 aromatic heterocycles. The van der Waals surface area contributed by atoms with E-state index in [2.05, 4.69) is 27.7 Å². The number of nitrogens with one attached hydrogen (secondary N) is 2. The standard InChI is InChI=1S/C24H32N4O2/c1-3-27(19(2)29)18-20-8-7-9-22(16-20)25-17-24(30)26-21-10-12-23(13-11-21)28-14-5-4-6-15-28/h7-13,16,25H,3-6,14-15,17-18H2,1-2H3,(H,26,30). The predicted molar refractivity (Wildman–Crippen MR) is 123 cm³/mol. The van der Waals surface area contributed by atoms with E-state index in [-0.39, 0.29) is 18.4 Å². The van der Waals surface area contributed by atoms with Crippen LogP contribution in [0.5, 0.6) is 0 Å². The Kier molecular flexibility index (Phi) is 7.71. The van der Waals surface area contributed by atoms with E-state index in [4.69, 9.17) is 0 Å². The van der Waals surface area contributed by atoms with Gasteiger partial charge in [0.25, 0.3) is 0 Å². The molecule has 0 radical (unpaired) electrons. The van der Waals surface area contributed by atoms with Crippen LogP contribution >= 0.6 is 0 Å². The summed E-state index contributed by atoms with van der Waals surface area (Å²) in [6, 6.07) is 15.9. The van der Waals surface area contributed by atoms with E-state index in [1.165, 1.54) is 24.9 Å². The summed E-state index contributed by atoms with van der Waals surface area (Å²) in [5, 5.41) is 6.11. The van der Waals surface area contributed by atoms with Crippen molar-refractivity contribution in [3.05, 3.63) is 54.1 Å². The molecule has 160 valence electrons. The molecule has 0 spiro atoms. The van der Waals surface area contributed by atoms with Gasteiger partial charge in [0.05, 0.1) is 6.54 Å². The molecule has 1 heterocycles. The maximum atomic E-state index is 12.3. The lowest BCUT2D eigenvalue weighted by molar-refractivity contribution is -0.129. The molecule has 1 aliphatic rings. The molecular formula is C24H32N4O2. The first-order valence-corrected chi connectivity index (χ1v) is 10.8. The second-order valence-corrected chi connectivity index (χ2v) is 7.73. The molecule has 2 N–H and O–H groups in total. The largest absolute Gasteiger partial charge is 0.376 e. The molecule has 1 saturated heterocycles. The van der Waals surface area contributed by atoms with E-state index in [9.17, 15) is 9.59 Å². The molecule has 0 bridgehead atoms. The molecular weight excluding hydrogens is 376 g/mol. The van der Waals surface area contributed by atoms with Gasteiger partial charge in [0, 0.05) is 50.2 Å². The average molecular weight is 409 g/mol. The fraction of sp³-hybridized carbons (Fsp3) is 0.417. The molecule has 6 nitrogen and oxygen atoms in total. The molecule has 3 rings (SSSR count). The molecule has 1 aliphatic heterocycles. The minimum atomic E-state index is -0.0925. The summed E-state index contributed by atoms with van der Waals surface area (Å²) in [5.74, 6) is -0.0356. The van der Waals surface area contributed by atoms with E-state index >= 15 is 0 Å². The van der Waals surface area contributed by atoms with Crippen LogP contribution in [0.1, 0.15) is 38.7 Å². The number of hydrogen-bond acceptors (Lipinski definition) is 4. The average Bonchev–Trinajstić information content (AvgIpc) is 2.77. The molecule has 0 saturated carbocycles. The van der Waals surface area contributed by atoms with E-state index < -0.39 is 0 Å². The summed E-state index contributed by atoms with van der Waals surface area (Å²) >= 11 is 0. The minimum absolute atomic E-state index is 0.0570. The fourth-order valence-corrected chi connectivity index (χ4v) is 3.74. The van der Waals surface area contributed by atoms with Crippen molar-refractivity contribution in [3.63, 3.8) is 0 Å². The van der Waals surface area contributed by atoms with Crippen molar-refractivity contribution in [2.75, 3.05) is 41.7 Å². The lowest BCUT2D eigenvalue weighted by Crippen LogP contribution is -2.29. The topological polar surface area (TPSA) is 64.7 Å². The number of carbonyl (C=O) groups excluding carboxylic acids is 2. The van der Waals surface area contributed by atoms with Gasteiger partial charge in [-0.25, -0.2) is 0 Å². The van der Waals surface area contributed by atoms with Crippen LogP contribution in [0, 0.1) is 0 Å². The molecule has 6 heteroatoms. The van der Waals surface area contributed by atoms with Crippen LogP contribution in [0.25, 0.3) is 0 Å². The Hall–Kier alpha value is -3.02. The Bertz CT molecular complexity index is 845. The van der Waals surface area contributed by atoms with Crippen LogP contribution in [0.4, 0.5) is 17.1 Å². The minimum Gasteiger partial charge on any atom is -0.376 e. The normalized spacial score (nSPS) is 13.6. The molecule has 2 aromatic rings. The van der Waals surface area contributed by atoms with Gasteiger partial charge in [-0.15, -0.1) is 0 Å². The molecule has 2 aromatic carbocycles. The van der Waals surface area contributed by atoms with Crippen LogP contribution in [0.2, 0.25) is 0 Å². The van der Waals surface area contributed by atoms with Gasteiger partial charge in [0.1, 0.15) is 0 Å². The Balaban J connectivity index is 1.49. The zero-order valence-corrected chi connectivity index (χ0v) is 18.0. The van der Waals surface area contributed by atoms with Gasteiger partial charge < -0.3 is 20.4 Å². The third-order valence-electron chi connectivity index (χ3n) is 5.45. The number of carbonyl (C=O) groups is 2. The highest BCUT2D eigenvalue weighted by Gasteiger charge is 2.11. The third-order valence-corrected chi connectivity index (χ3v) is 5.45. The van der Waals surface area contributed by atoms with E-state index in [0.717, 1.165) is 30.0 Å². The molecule has 0 atom stereocenters. The molecule has 1 fully saturated rings. The van der Waals surface area contributed by atoms with Crippen molar-refractivity contribution in [1.82, 2.24) is 4.90 Å². The highest BCUT2D eigenvalue weighted by Crippen LogP contribution is 2.21. The number of amides is 2. The quantitative estimate of drug-likeness (QED) is 0.690. The second kappa shape index (κ2) is 10.7. The first kappa shape index (κ1) is 21.7. The number of hydrogen-bond donors (Lipinski definition) is 2. The Morgan fingerprint density at radius 3 is 2.40 bits per heavy atom. The van der Waals surface area contributed by atoms with E-state index in [1.807, 2.05) is 43.3 Å². The van der Waals surface area contributed by atoms with Gasteiger partial charge in [-0.1, -0.05) is 12.1 Å². The number of benzene rings is 2. The zero-order chi connectivity index (χ0) is 21.3. The Labute approximate surface area is 179 Å². The van der Waals surface area contributed by atoms with Crippen LogP contribution in [0.15, 0.2) is 48.5 Å². The lowest BCUT2D eigenvalue weighted by atomic mass is 10.1. The first-order chi connectivity index (χ1) is 14.5. The van der Waals surface area contributed by atoms with Crippen molar-refractivity contribution in [3.8, 4) is 0 Å². The molecule has 0 unspecified atom stereocenters. The van der Waals surface area contributed by atoms with Gasteiger partial charge in [-0.2, -0.15) is 0 Å². The number of anilines is 3. The fourth-order valence-electron chi connectivity index (χ4n) is 3.74. The Morgan fingerprint density at radius 1 is 1.00 bits per heavy atom. The van der Waals surface area contributed by atoms with Gasteiger partial charge >= 0.3 is 0 Å². The maximum absolute atomic E-state index is 12.3. The Morgan fingerprint density at radius 2 is 1.73 bits per heavy atom. The van der Waals surface area contributed by atoms with Crippen molar-refractivity contribution in [2.24, 2.45) is 0 Å².